The molecule has 0 N–H and O–H groups in total. The van der Waals surface area contributed by atoms with E-state index in [0.29, 0.717) is 0 Å². The van der Waals surface area contributed by atoms with Gasteiger partial charge in [0.2, 0.25) is 0 Å². The molecule has 1 heterocycles. The Morgan fingerprint density at radius 1 is 0.286 bits per heavy atom. The van der Waals surface area contributed by atoms with E-state index in [1.54, 1.807) is 0 Å². The van der Waals surface area contributed by atoms with Crippen molar-refractivity contribution >= 4 is 48.6 Å². The van der Waals surface area contributed by atoms with Crippen molar-refractivity contribution in [2.75, 3.05) is 4.90 Å². The van der Waals surface area contributed by atoms with Gasteiger partial charge in [0.15, 0.2) is 0 Å². The molecule has 11 aromatic carbocycles. The van der Waals surface area contributed by atoms with Crippen molar-refractivity contribution in [3.63, 3.8) is 0 Å². The van der Waals surface area contributed by atoms with Crippen LogP contribution in [0, 0.1) is 0 Å². The van der Waals surface area contributed by atoms with Crippen molar-refractivity contribution in [1.29, 1.82) is 0 Å². The topological polar surface area (TPSA) is 3.24 Å². The fraction of sp³-hybridized carbons (Fsp3) is 0.0294. The molecule has 2 aliphatic carbocycles. The van der Waals surface area contributed by atoms with Gasteiger partial charge in [-0.3, -0.25) is 0 Å². The molecule has 1 aromatic heterocycles. The second kappa shape index (κ2) is 16.0. The van der Waals surface area contributed by atoms with Crippen LogP contribution in [0.15, 0.2) is 273 Å². The molecular formula is C68H45NS. The van der Waals surface area contributed by atoms with Gasteiger partial charge in [0.1, 0.15) is 0 Å². The maximum absolute atomic E-state index is 2.53. The lowest BCUT2D eigenvalue weighted by Gasteiger charge is -2.35. The first-order chi connectivity index (χ1) is 34.7. The van der Waals surface area contributed by atoms with Crippen molar-refractivity contribution in [2.45, 2.75) is 10.8 Å². The lowest BCUT2D eigenvalue weighted by atomic mass is 9.67. The van der Waals surface area contributed by atoms with Gasteiger partial charge in [0.25, 0.3) is 0 Å². The van der Waals surface area contributed by atoms with Crippen LogP contribution in [-0.4, -0.2) is 0 Å². The summed E-state index contributed by atoms with van der Waals surface area (Å²) in [6.07, 6.45) is 0. The van der Waals surface area contributed by atoms with Gasteiger partial charge in [-0.05, 0) is 121 Å². The minimum absolute atomic E-state index is 0.542. The van der Waals surface area contributed by atoms with Crippen LogP contribution < -0.4 is 4.90 Å². The monoisotopic (exact) mass is 907 g/mol. The standard InChI is InChI=1S/C68H45NS/c1-5-20-48(21-6-1)67(49-22-7-2-8-23-49)60-32-17-14-30-57(60)66-61(67)33-19-34-63(66)69(52-39-36-46(37-40-52)47-38-43-65-58(44-47)56-29-15-18-35-64(56)70-65)53-41-42-55-54-28-13-16-31-59(54)68(62(55)45-53,50-24-9-3-10-25-50)51-26-11-4-12-27-51/h1-45H. The predicted octanol–water partition coefficient (Wildman–Crippen LogP) is 17.9. The van der Waals surface area contributed by atoms with E-state index < -0.39 is 10.8 Å². The van der Waals surface area contributed by atoms with Gasteiger partial charge >= 0.3 is 0 Å². The molecule has 14 rings (SSSR count). The lowest BCUT2D eigenvalue weighted by molar-refractivity contribution is 0.768. The Hall–Kier alpha value is -8.56. The second-order valence-corrected chi connectivity index (χ2v) is 19.8. The van der Waals surface area contributed by atoms with Crippen molar-refractivity contribution in [2.24, 2.45) is 0 Å². The van der Waals surface area contributed by atoms with Gasteiger partial charge in [0, 0.05) is 37.1 Å². The molecule has 0 fully saturated rings. The molecule has 0 saturated carbocycles. The number of rotatable bonds is 8. The van der Waals surface area contributed by atoms with E-state index in [2.05, 4.69) is 278 Å². The average molecular weight is 908 g/mol. The molecule has 70 heavy (non-hydrogen) atoms. The van der Waals surface area contributed by atoms with Gasteiger partial charge in [-0.25, -0.2) is 0 Å². The molecule has 328 valence electrons. The number of thiophene rings is 1. The van der Waals surface area contributed by atoms with E-state index in [1.807, 2.05) is 11.3 Å². The summed E-state index contributed by atoms with van der Waals surface area (Å²) in [7, 11) is 0. The number of hydrogen-bond donors (Lipinski definition) is 0. The van der Waals surface area contributed by atoms with Gasteiger partial charge in [-0.1, -0.05) is 224 Å². The third-order valence-electron chi connectivity index (χ3n) is 15.2. The van der Waals surface area contributed by atoms with E-state index in [1.165, 1.54) is 98.1 Å². The number of anilines is 3. The summed E-state index contributed by atoms with van der Waals surface area (Å²) in [6, 6.07) is 102. The third-order valence-corrected chi connectivity index (χ3v) is 16.4. The molecule has 0 aliphatic heterocycles. The largest absolute Gasteiger partial charge is 0.310 e. The zero-order valence-electron chi connectivity index (χ0n) is 38.3. The van der Waals surface area contributed by atoms with Crippen LogP contribution in [0.3, 0.4) is 0 Å². The van der Waals surface area contributed by atoms with Gasteiger partial charge < -0.3 is 4.90 Å². The van der Waals surface area contributed by atoms with Crippen LogP contribution in [0.4, 0.5) is 17.1 Å². The molecule has 2 aliphatic rings. The molecule has 12 aromatic rings. The Morgan fingerprint density at radius 3 is 1.40 bits per heavy atom. The molecule has 0 spiro atoms. The molecule has 0 radical (unpaired) electrons. The molecule has 0 unspecified atom stereocenters. The van der Waals surface area contributed by atoms with E-state index in [4.69, 9.17) is 0 Å². The summed E-state index contributed by atoms with van der Waals surface area (Å²) in [5.41, 5.74) is 19.8. The third kappa shape index (κ3) is 5.84. The normalized spacial score (nSPS) is 13.7. The molecular weight excluding hydrogens is 863 g/mol. The Balaban J connectivity index is 1.03. The highest BCUT2D eigenvalue weighted by Crippen LogP contribution is 2.61. The van der Waals surface area contributed by atoms with Crippen LogP contribution >= 0.6 is 11.3 Å². The summed E-state index contributed by atoms with van der Waals surface area (Å²) < 4.78 is 2.64. The summed E-state index contributed by atoms with van der Waals surface area (Å²) in [5, 5.41) is 2.62. The molecule has 0 amide bonds. The van der Waals surface area contributed by atoms with Crippen LogP contribution in [0.2, 0.25) is 0 Å². The Morgan fingerprint density at radius 2 is 0.757 bits per heavy atom. The van der Waals surface area contributed by atoms with Crippen LogP contribution in [-0.2, 0) is 10.8 Å². The molecule has 1 nitrogen and oxygen atoms in total. The van der Waals surface area contributed by atoms with E-state index in [9.17, 15) is 0 Å². The van der Waals surface area contributed by atoms with E-state index in [0.717, 1.165) is 17.1 Å². The number of hydrogen-bond acceptors (Lipinski definition) is 2. The maximum atomic E-state index is 2.53. The van der Waals surface area contributed by atoms with Crippen LogP contribution in [0.1, 0.15) is 44.5 Å². The maximum Gasteiger partial charge on any atom is 0.0714 e. The zero-order valence-corrected chi connectivity index (χ0v) is 39.2. The first-order valence-corrected chi connectivity index (χ1v) is 25.1. The highest BCUT2D eigenvalue weighted by atomic mass is 32.1. The Labute approximate surface area is 412 Å². The Bertz CT molecular complexity index is 3850. The average Bonchev–Trinajstić information content (AvgIpc) is 4.07. The van der Waals surface area contributed by atoms with Crippen LogP contribution in [0.5, 0.6) is 0 Å². The lowest BCUT2D eigenvalue weighted by Crippen LogP contribution is -2.29. The summed E-state index contributed by atoms with van der Waals surface area (Å²) in [4.78, 5) is 2.53. The fourth-order valence-corrected chi connectivity index (χ4v) is 13.5. The minimum atomic E-state index is -0.550. The number of fused-ring (bicyclic) bond motifs is 9. The fourth-order valence-electron chi connectivity index (χ4n) is 12.4. The quantitative estimate of drug-likeness (QED) is 0.147. The minimum Gasteiger partial charge on any atom is -0.310 e. The zero-order chi connectivity index (χ0) is 46.2. The molecule has 0 bridgehead atoms. The predicted molar refractivity (Wildman–Crippen MR) is 294 cm³/mol. The molecule has 0 atom stereocenters. The van der Waals surface area contributed by atoms with Gasteiger partial charge in [0.05, 0.1) is 16.5 Å². The van der Waals surface area contributed by atoms with Crippen molar-refractivity contribution in [3.8, 4) is 33.4 Å². The highest BCUT2D eigenvalue weighted by molar-refractivity contribution is 7.25. The SMILES string of the molecule is c1ccc(C2(c3ccccc3)c3ccccc3-c3ccc(N(c4ccc(-c5ccc6sc7ccccc7c6c5)cc4)c4cccc5c4-c4ccccc4C5(c4ccccc4)c4ccccc4)cc32)cc1. The smallest absolute Gasteiger partial charge is 0.0714 e. The highest BCUT2D eigenvalue weighted by Gasteiger charge is 2.49. The second-order valence-electron chi connectivity index (χ2n) is 18.7. The summed E-state index contributed by atoms with van der Waals surface area (Å²) in [5.74, 6) is 0. The summed E-state index contributed by atoms with van der Waals surface area (Å²) >= 11 is 1.86. The van der Waals surface area contributed by atoms with E-state index >= 15 is 0 Å². The first-order valence-electron chi connectivity index (χ1n) is 24.2. The van der Waals surface area contributed by atoms with Crippen molar-refractivity contribution in [1.82, 2.24) is 0 Å². The molecule has 0 saturated heterocycles. The van der Waals surface area contributed by atoms with Crippen molar-refractivity contribution in [3.05, 3.63) is 317 Å². The van der Waals surface area contributed by atoms with E-state index in [-0.39, 0.29) is 0 Å². The Kier molecular flexibility index (Phi) is 9.27. The number of nitrogens with zero attached hydrogens (tertiary/aromatic N) is 1. The van der Waals surface area contributed by atoms with Crippen LogP contribution in [0.25, 0.3) is 53.6 Å². The first kappa shape index (κ1) is 40.5. The molecule has 2 heteroatoms. The van der Waals surface area contributed by atoms with Gasteiger partial charge in [-0.15, -0.1) is 11.3 Å². The summed E-state index contributed by atoms with van der Waals surface area (Å²) in [6.45, 7) is 0. The van der Waals surface area contributed by atoms with Gasteiger partial charge in [-0.2, -0.15) is 0 Å². The van der Waals surface area contributed by atoms with Crippen molar-refractivity contribution < 1.29 is 0 Å². The number of benzene rings is 11.